The van der Waals surface area contributed by atoms with Crippen LogP contribution in [0.2, 0.25) is 0 Å². The van der Waals surface area contributed by atoms with Gasteiger partial charge < -0.3 is 10.2 Å². The first-order valence-corrected chi connectivity index (χ1v) is 2.41. The van der Waals surface area contributed by atoms with Crippen LogP contribution in [0.3, 0.4) is 0 Å². The Hall–Kier alpha value is -0.660. The lowest BCUT2D eigenvalue weighted by Gasteiger charge is -2.02. The summed E-state index contributed by atoms with van der Waals surface area (Å²) in [6, 6.07) is 0. The molecule has 0 bridgehead atoms. The molecule has 1 aliphatic rings. The lowest BCUT2D eigenvalue weighted by molar-refractivity contribution is 0.473. The summed E-state index contributed by atoms with van der Waals surface area (Å²) < 4.78 is 0. The van der Waals surface area contributed by atoms with Crippen LogP contribution in [-0.4, -0.2) is 18.6 Å². The summed E-state index contributed by atoms with van der Waals surface area (Å²) >= 11 is 0. The third kappa shape index (κ3) is 0.856. The van der Waals surface area contributed by atoms with Gasteiger partial charge in [0, 0.05) is 18.9 Å². The molecule has 2 nitrogen and oxygen atoms in total. The number of hydrogen-bond acceptors (Lipinski definition) is 2. The van der Waals surface area contributed by atoms with Gasteiger partial charge in [-0.2, -0.15) is 0 Å². The molecule has 0 fully saturated rings. The normalized spacial score (nSPS) is 19.1. The first-order valence-electron chi connectivity index (χ1n) is 2.41. The zero-order valence-corrected chi connectivity index (χ0v) is 4.73. The van der Waals surface area contributed by atoms with Gasteiger partial charge >= 0.3 is 0 Å². The molecule has 0 radical (unpaired) electrons. The summed E-state index contributed by atoms with van der Waals surface area (Å²) in [5.41, 5.74) is 1.25. The topological polar surface area (TPSA) is 15.3 Å². The molecule has 7 heavy (non-hydrogen) atoms. The van der Waals surface area contributed by atoms with Crippen molar-refractivity contribution < 1.29 is 0 Å². The van der Waals surface area contributed by atoms with E-state index in [-0.39, 0.29) is 0 Å². The lowest BCUT2D eigenvalue weighted by atomic mass is 10.6. The monoisotopic (exact) mass is 98.1 g/mol. The molecular formula is C5H10N2. The fourth-order valence-corrected chi connectivity index (χ4v) is 0.671. The number of nitrogens with zero attached hydrogens (tertiary/aromatic N) is 1. The molecule has 0 aromatic carbocycles. The molecule has 1 aliphatic heterocycles. The van der Waals surface area contributed by atoms with E-state index in [1.807, 2.05) is 7.05 Å². The number of rotatable bonds is 0. The molecule has 0 unspecified atom stereocenters. The van der Waals surface area contributed by atoms with Crippen molar-refractivity contribution in [3.8, 4) is 0 Å². The molecule has 0 aliphatic carbocycles. The van der Waals surface area contributed by atoms with E-state index < -0.39 is 0 Å². The molecule has 0 saturated carbocycles. The largest absolute Gasteiger partial charge is 0.370 e. The third-order valence-electron chi connectivity index (χ3n) is 1.02. The van der Waals surface area contributed by atoms with Gasteiger partial charge in [0.15, 0.2) is 0 Å². The highest BCUT2D eigenvalue weighted by atomic mass is 15.2. The van der Waals surface area contributed by atoms with E-state index in [0.717, 1.165) is 6.67 Å². The second-order valence-corrected chi connectivity index (χ2v) is 1.90. The van der Waals surface area contributed by atoms with Crippen molar-refractivity contribution in [3.63, 3.8) is 0 Å². The Bertz CT molecular complexity index is 96.3. The highest BCUT2D eigenvalue weighted by Crippen LogP contribution is 1.96. The van der Waals surface area contributed by atoms with Crippen molar-refractivity contribution in [2.45, 2.75) is 6.92 Å². The van der Waals surface area contributed by atoms with Crippen molar-refractivity contribution in [1.82, 2.24) is 10.2 Å². The fourth-order valence-electron chi connectivity index (χ4n) is 0.671. The highest BCUT2D eigenvalue weighted by molar-refractivity contribution is 4.99. The van der Waals surface area contributed by atoms with Gasteiger partial charge in [-0.3, -0.25) is 0 Å². The van der Waals surface area contributed by atoms with E-state index in [4.69, 9.17) is 0 Å². The van der Waals surface area contributed by atoms with Crippen molar-refractivity contribution in [2.24, 2.45) is 0 Å². The van der Waals surface area contributed by atoms with Crippen LogP contribution >= 0.6 is 0 Å². The average Bonchev–Trinajstić information content (AvgIpc) is 1.87. The van der Waals surface area contributed by atoms with Crippen LogP contribution in [-0.2, 0) is 0 Å². The van der Waals surface area contributed by atoms with E-state index >= 15 is 0 Å². The molecule has 0 aromatic rings. The van der Waals surface area contributed by atoms with Crippen LogP contribution in [0.1, 0.15) is 6.92 Å². The molecule has 0 saturated heterocycles. The molecule has 0 spiro atoms. The van der Waals surface area contributed by atoms with Gasteiger partial charge in [-0.1, -0.05) is 0 Å². The maximum atomic E-state index is 3.16. The summed E-state index contributed by atoms with van der Waals surface area (Å²) in [7, 11) is 2.05. The minimum Gasteiger partial charge on any atom is -0.370 e. The maximum absolute atomic E-state index is 3.16. The van der Waals surface area contributed by atoms with E-state index in [2.05, 4.69) is 23.3 Å². The van der Waals surface area contributed by atoms with E-state index in [1.165, 1.54) is 5.70 Å². The minimum atomic E-state index is 0.964. The number of hydrogen-bond donors (Lipinski definition) is 1. The summed E-state index contributed by atoms with van der Waals surface area (Å²) in [5, 5.41) is 3.16. The van der Waals surface area contributed by atoms with Crippen LogP contribution in [0, 0.1) is 0 Å². The van der Waals surface area contributed by atoms with Gasteiger partial charge in [-0.15, -0.1) is 0 Å². The number of nitrogens with one attached hydrogen (secondary N) is 1. The molecular weight excluding hydrogens is 88.1 g/mol. The zero-order valence-electron chi connectivity index (χ0n) is 4.73. The Labute approximate surface area is 43.8 Å². The highest BCUT2D eigenvalue weighted by Gasteiger charge is 1.98. The van der Waals surface area contributed by atoms with Crippen LogP contribution in [0.4, 0.5) is 0 Å². The predicted molar refractivity (Wildman–Crippen MR) is 29.5 cm³/mol. The van der Waals surface area contributed by atoms with Crippen LogP contribution in [0.15, 0.2) is 11.9 Å². The van der Waals surface area contributed by atoms with Gasteiger partial charge in [0.05, 0.1) is 6.67 Å². The van der Waals surface area contributed by atoms with E-state index in [1.54, 1.807) is 0 Å². The van der Waals surface area contributed by atoms with Gasteiger partial charge in [0.1, 0.15) is 0 Å². The summed E-state index contributed by atoms with van der Waals surface area (Å²) in [6.07, 6.45) is 2.08. The molecule has 0 amide bonds. The first kappa shape index (κ1) is 4.50. The Morgan fingerprint density at radius 1 is 1.86 bits per heavy atom. The molecule has 1 heterocycles. The van der Waals surface area contributed by atoms with Crippen molar-refractivity contribution in [1.29, 1.82) is 0 Å². The van der Waals surface area contributed by atoms with Gasteiger partial charge in [0.25, 0.3) is 0 Å². The quantitative estimate of drug-likeness (QED) is 0.470. The SMILES string of the molecule is CC1=CN(C)CN1. The van der Waals surface area contributed by atoms with Gasteiger partial charge in [0.2, 0.25) is 0 Å². The smallest absolute Gasteiger partial charge is 0.0866 e. The fraction of sp³-hybridized carbons (Fsp3) is 0.600. The van der Waals surface area contributed by atoms with Gasteiger partial charge in [-0.05, 0) is 6.92 Å². The summed E-state index contributed by atoms with van der Waals surface area (Å²) in [6.45, 7) is 3.02. The molecule has 0 atom stereocenters. The molecule has 0 aromatic heterocycles. The lowest BCUT2D eigenvalue weighted by Crippen LogP contribution is -2.16. The Kier molecular flexibility index (Phi) is 0.929. The van der Waals surface area contributed by atoms with Crippen molar-refractivity contribution in [2.75, 3.05) is 13.7 Å². The van der Waals surface area contributed by atoms with Crippen LogP contribution < -0.4 is 5.32 Å². The Morgan fingerprint density at radius 2 is 2.57 bits per heavy atom. The zero-order chi connectivity index (χ0) is 5.28. The summed E-state index contributed by atoms with van der Waals surface area (Å²) in [4.78, 5) is 2.11. The van der Waals surface area contributed by atoms with Crippen LogP contribution in [0.25, 0.3) is 0 Å². The van der Waals surface area contributed by atoms with Crippen LogP contribution in [0.5, 0.6) is 0 Å². The Morgan fingerprint density at radius 3 is 2.71 bits per heavy atom. The second-order valence-electron chi connectivity index (χ2n) is 1.90. The summed E-state index contributed by atoms with van der Waals surface area (Å²) in [5.74, 6) is 0. The van der Waals surface area contributed by atoms with E-state index in [0.29, 0.717) is 0 Å². The minimum absolute atomic E-state index is 0.964. The molecule has 1 N–H and O–H groups in total. The second kappa shape index (κ2) is 1.45. The van der Waals surface area contributed by atoms with Gasteiger partial charge in [-0.25, -0.2) is 0 Å². The maximum Gasteiger partial charge on any atom is 0.0866 e. The third-order valence-corrected chi connectivity index (χ3v) is 1.02. The predicted octanol–water partition coefficient (Wildman–Crippen LogP) is 0.340. The van der Waals surface area contributed by atoms with E-state index in [9.17, 15) is 0 Å². The molecule has 2 heteroatoms. The standard InChI is InChI=1S/C5H10N2/c1-5-3-7(2)4-6-5/h3,6H,4H2,1-2H3. The molecule has 1 rings (SSSR count). The van der Waals surface area contributed by atoms with Crippen molar-refractivity contribution >= 4 is 0 Å². The van der Waals surface area contributed by atoms with Crippen molar-refractivity contribution in [3.05, 3.63) is 11.9 Å². The molecule has 40 valence electrons. The average molecular weight is 98.1 g/mol. The Balaban J connectivity index is 2.50. The number of allylic oxidation sites excluding steroid dienone is 1. The first-order chi connectivity index (χ1) is 3.29.